The van der Waals surface area contributed by atoms with Crippen LogP contribution in [0.2, 0.25) is 0 Å². The van der Waals surface area contributed by atoms with E-state index in [9.17, 15) is 18.5 Å². The maximum Gasteiger partial charge on any atom is 0.269 e. The summed E-state index contributed by atoms with van der Waals surface area (Å²) in [5, 5.41) is 10.5. The van der Waals surface area contributed by atoms with Crippen molar-refractivity contribution in [3.8, 4) is 0 Å². The highest BCUT2D eigenvalue weighted by atomic mass is 32.2. The zero-order chi connectivity index (χ0) is 16.1. The largest absolute Gasteiger partial charge is 0.324 e. The molecule has 0 saturated carbocycles. The lowest BCUT2D eigenvalue weighted by atomic mass is 9.95. The number of nitrogens with one attached hydrogen (secondary N) is 1. The Kier molecular flexibility index (Phi) is 5.82. The third-order valence-electron chi connectivity index (χ3n) is 3.56. The Morgan fingerprint density at radius 2 is 1.76 bits per heavy atom. The minimum atomic E-state index is -3.52. The van der Waals surface area contributed by atoms with Gasteiger partial charge in [0, 0.05) is 24.2 Å². The van der Waals surface area contributed by atoms with Gasteiger partial charge in [0.1, 0.15) is 0 Å². The molecule has 118 valence electrons. The number of benzene rings is 1. The van der Waals surface area contributed by atoms with Gasteiger partial charge in [-0.1, -0.05) is 26.0 Å². The summed E-state index contributed by atoms with van der Waals surface area (Å²) < 4.78 is 26.5. The average molecular weight is 315 g/mol. The van der Waals surface area contributed by atoms with Gasteiger partial charge in [0.25, 0.3) is 5.69 Å². The van der Waals surface area contributed by atoms with Crippen molar-refractivity contribution >= 4 is 15.7 Å². The lowest BCUT2D eigenvalue weighted by Crippen LogP contribution is -2.49. The number of nitrogens with zero attached hydrogens (tertiary/aromatic N) is 1. The first-order valence-electron chi connectivity index (χ1n) is 6.71. The first-order chi connectivity index (χ1) is 9.71. The smallest absolute Gasteiger partial charge is 0.269 e. The number of sulfonamides is 1. The van der Waals surface area contributed by atoms with E-state index in [0.29, 0.717) is 18.4 Å². The fourth-order valence-corrected chi connectivity index (χ4v) is 2.98. The van der Waals surface area contributed by atoms with E-state index >= 15 is 0 Å². The summed E-state index contributed by atoms with van der Waals surface area (Å²) in [4.78, 5) is 10.0. The standard InChI is InChI=1S/C13H21N3O4S/c1-3-13(14,4-2)10-15-21(19,20)9-11-5-7-12(8-6-11)16(17)18/h5-8,15H,3-4,9-10,14H2,1-2H3. The van der Waals surface area contributed by atoms with E-state index in [0.717, 1.165) is 0 Å². The molecule has 0 bridgehead atoms. The molecule has 0 atom stereocenters. The van der Waals surface area contributed by atoms with Crippen LogP contribution in [0.5, 0.6) is 0 Å². The van der Waals surface area contributed by atoms with Crippen LogP contribution < -0.4 is 10.5 Å². The highest BCUT2D eigenvalue weighted by Crippen LogP contribution is 2.14. The zero-order valence-electron chi connectivity index (χ0n) is 12.2. The second kappa shape index (κ2) is 6.97. The molecule has 0 aliphatic carbocycles. The lowest BCUT2D eigenvalue weighted by Gasteiger charge is -2.26. The minimum absolute atomic E-state index is 0.0675. The number of non-ortho nitro benzene ring substituents is 1. The van der Waals surface area contributed by atoms with Crippen LogP contribution in [0.15, 0.2) is 24.3 Å². The van der Waals surface area contributed by atoms with E-state index < -0.39 is 20.5 Å². The molecular formula is C13H21N3O4S. The van der Waals surface area contributed by atoms with Crippen molar-refractivity contribution < 1.29 is 13.3 Å². The number of rotatable bonds is 8. The molecular weight excluding hydrogens is 294 g/mol. The van der Waals surface area contributed by atoms with Crippen LogP contribution in [-0.2, 0) is 15.8 Å². The van der Waals surface area contributed by atoms with Gasteiger partial charge in [-0.25, -0.2) is 13.1 Å². The van der Waals surface area contributed by atoms with E-state index in [-0.39, 0.29) is 18.0 Å². The third kappa shape index (κ3) is 5.41. The molecule has 3 N–H and O–H groups in total. The maximum absolute atomic E-state index is 12.0. The van der Waals surface area contributed by atoms with Gasteiger partial charge in [-0.3, -0.25) is 10.1 Å². The van der Waals surface area contributed by atoms with Crippen molar-refractivity contribution in [1.82, 2.24) is 4.72 Å². The Bertz CT molecular complexity index is 580. The highest BCUT2D eigenvalue weighted by Gasteiger charge is 2.23. The Labute approximate surface area is 124 Å². The van der Waals surface area contributed by atoms with Crippen molar-refractivity contribution in [2.45, 2.75) is 38.0 Å². The normalized spacial score (nSPS) is 12.3. The predicted molar refractivity (Wildman–Crippen MR) is 81.2 cm³/mol. The summed E-state index contributed by atoms with van der Waals surface area (Å²) in [6.45, 7) is 4.00. The maximum atomic E-state index is 12.0. The van der Waals surface area contributed by atoms with Gasteiger partial charge in [0.2, 0.25) is 10.0 Å². The van der Waals surface area contributed by atoms with Crippen LogP contribution in [0, 0.1) is 10.1 Å². The van der Waals surface area contributed by atoms with Gasteiger partial charge in [-0.15, -0.1) is 0 Å². The molecule has 21 heavy (non-hydrogen) atoms. The molecule has 1 aromatic rings. The SMILES string of the molecule is CCC(N)(CC)CNS(=O)(=O)Cc1ccc([N+](=O)[O-])cc1. The van der Waals surface area contributed by atoms with Crippen molar-refractivity contribution in [2.75, 3.05) is 6.54 Å². The molecule has 0 heterocycles. The van der Waals surface area contributed by atoms with E-state index in [1.54, 1.807) is 0 Å². The van der Waals surface area contributed by atoms with Crippen LogP contribution in [0.25, 0.3) is 0 Å². The molecule has 0 radical (unpaired) electrons. The van der Waals surface area contributed by atoms with Crippen molar-refractivity contribution in [3.63, 3.8) is 0 Å². The van der Waals surface area contributed by atoms with E-state index in [4.69, 9.17) is 5.73 Å². The topological polar surface area (TPSA) is 115 Å². The van der Waals surface area contributed by atoms with Gasteiger partial charge in [-0.05, 0) is 18.4 Å². The molecule has 0 fully saturated rings. The Morgan fingerprint density at radius 1 is 1.24 bits per heavy atom. The molecule has 1 aromatic carbocycles. The number of nitro groups is 1. The first-order valence-corrected chi connectivity index (χ1v) is 8.36. The first kappa shape index (κ1) is 17.5. The number of hydrogen-bond acceptors (Lipinski definition) is 5. The van der Waals surface area contributed by atoms with Crippen LogP contribution >= 0.6 is 0 Å². The Morgan fingerprint density at radius 3 is 2.19 bits per heavy atom. The van der Waals surface area contributed by atoms with Crippen molar-refractivity contribution in [1.29, 1.82) is 0 Å². The predicted octanol–water partition coefficient (Wildman–Crippen LogP) is 1.53. The summed E-state index contributed by atoms with van der Waals surface area (Å²) >= 11 is 0. The van der Waals surface area contributed by atoms with E-state index in [1.807, 2.05) is 13.8 Å². The van der Waals surface area contributed by atoms with Gasteiger partial charge < -0.3 is 5.73 Å². The summed E-state index contributed by atoms with van der Waals surface area (Å²) in [6.07, 6.45) is 1.34. The van der Waals surface area contributed by atoms with Gasteiger partial charge >= 0.3 is 0 Å². The summed E-state index contributed by atoms with van der Waals surface area (Å²) in [5.41, 5.74) is 5.92. The molecule has 0 amide bonds. The summed E-state index contributed by atoms with van der Waals surface area (Å²) in [6, 6.07) is 5.45. The molecule has 0 unspecified atom stereocenters. The van der Waals surface area contributed by atoms with Crippen LogP contribution in [0.4, 0.5) is 5.69 Å². The average Bonchev–Trinajstić information content (AvgIpc) is 2.45. The monoisotopic (exact) mass is 315 g/mol. The van der Waals surface area contributed by atoms with Gasteiger partial charge in [0.15, 0.2) is 0 Å². The number of hydrogen-bond donors (Lipinski definition) is 2. The number of nitrogens with two attached hydrogens (primary N) is 1. The third-order valence-corrected chi connectivity index (χ3v) is 4.85. The highest BCUT2D eigenvalue weighted by molar-refractivity contribution is 7.88. The second-order valence-corrected chi connectivity index (χ2v) is 6.88. The van der Waals surface area contributed by atoms with Crippen LogP contribution in [0.3, 0.4) is 0 Å². The van der Waals surface area contributed by atoms with Crippen molar-refractivity contribution in [3.05, 3.63) is 39.9 Å². The summed E-state index contributed by atoms with van der Waals surface area (Å²) in [7, 11) is -3.52. The van der Waals surface area contributed by atoms with Crippen LogP contribution in [0.1, 0.15) is 32.3 Å². The molecule has 0 aliphatic heterocycles. The minimum Gasteiger partial charge on any atom is -0.324 e. The Balaban J connectivity index is 2.70. The fraction of sp³-hybridized carbons (Fsp3) is 0.538. The molecule has 7 nitrogen and oxygen atoms in total. The molecule has 0 aliphatic rings. The zero-order valence-corrected chi connectivity index (χ0v) is 13.0. The fourth-order valence-electron chi connectivity index (χ4n) is 1.74. The molecule has 0 spiro atoms. The van der Waals surface area contributed by atoms with Crippen LogP contribution in [-0.4, -0.2) is 25.4 Å². The number of nitro benzene ring substituents is 1. The molecule has 1 rings (SSSR count). The lowest BCUT2D eigenvalue weighted by molar-refractivity contribution is -0.384. The quantitative estimate of drug-likeness (QED) is 0.557. The van der Waals surface area contributed by atoms with Gasteiger partial charge in [-0.2, -0.15) is 0 Å². The second-order valence-electron chi connectivity index (χ2n) is 5.07. The molecule has 0 aromatic heterocycles. The molecule has 0 saturated heterocycles. The molecule has 8 heteroatoms. The van der Waals surface area contributed by atoms with Crippen molar-refractivity contribution in [2.24, 2.45) is 5.73 Å². The Hall–Kier alpha value is -1.51. The van der Waals surface area contributed by atoms with E-state index in [1.165, 1.54) is 24.3 Å². The summed E-state index contributed by atoms with van der Waals surface area (Å²) in [5.74, 6) is -0.228. The van der Waals surface area contributed by atoms with Gasteiger partial charge in [0.05, 0.1) is 10.7 Å². The van der Waals surface area contributed by atoms with E-state index in [2.05, 4.69) is 4.72 Å².